The average molecular weight is 237 g/mol. The van der Waals surface area contributed by atoms with Gasteiger partial charge in [-0.3, -0.25) is 5.32 Å². The molecule has 0 saturated heterocycles. The Hall–Kier alpha value is -1.58. The van der Waals surface area contributed by atoms with Crippen LogP contribution >= 0.6 is 0 Å². The summed E-state index contributed by atoms with van der Waals surface area (Å²) in [4.78, 5) is 11.5. The van der Waals surface area contributed by atoms with Crippen molar-refractivity contribution in [3.8, 4) is 0 Å². The van der Waals surface area contributed by atoms with E-state index < -0.39 is 18.4 Å². The van der Waals surface area contributed by atoms with Gasteiger partial charge in [0.05, 0.1) is 0 Å². The van der Waals surface area contributed by atoms with Gasteiger partial charge in [0.15, 0.2) is 0 Å². The first-order chi connectivity index (χ1) is 8.25. The standard InChI is InChI=1S/C13H16FNO2/c14-11-8-4-5-9-12(11)17-13(16)15-10-6-2-1-3-7-10/h1-3,6-7,11-12H,4-5,8-9H2,(H,15,16)/t11-,12-/m0/s1. The van der Waals surface area contributed by atoms with E-state index in [0.29, 0.717) is 18.5 Å². The molecule has 2 rings (SSSR count). The van der Waals surface area contributed by atoms with Gasteiger partial charge in [0.25, 0.3) is 0 Å². The smallest absolute Gasteiger partial charge is 0.411 e. The summed E-state index contributed by atoms with van der Waals surface area (Å²) >= 11 is 0. The van der Waals surface area contributed by atoms with Crippen LogP contribution in [0, 0.1) is 0 Å². The maximum atomic E-state index is 13.4. The van der Waals surface area contributed by atoms with Gasteiger partial charge >= 0.3 is 6.09 Å². The molecule has 0 heterocycles. The van der Waals surface area contributed by atoms with Crippen LogP contribution in [0.15, 0.2) is 30.3 Å². The molecule has 3 nitrogen and oxygen atoms in total. The minimum Gasteiger partial charge on any atom is -0.443 e. The Balaban J connectivity index is 1.84. The van der Waals surface area contributed by atoms with Crippen molar-refractivity contribution in [1.29, 1.82) is 0 Å². The summed E-state index contributed by atoms with van der Waals surface area (Å²) in [5.74, 6) is 0. The van der Waals surface area contributed by atoms with Crippen LogP contribution in [0.5, 0.6) is 0 Å². The molecule has 0 unspecified atom stereocenters. The van der Waals surface area contributed by atoms with Gasteiger partial charge < -0.3 is 4.74 Å². The second-order valence-corrected chi connectivity index (χ2v) is 4.24. The Morgan fingerprint density at radius 3 is 2.65 bits per heavy atom. The number of anilines is 1. The van der Waals surface area contributed by atoms with Gasteiger partial charge in [-0.15, -0.1) is 0 Å². The fourth-order valence-corrected chi connectivity index (χ4v) is 1.99. The van der Waals surface area contributed by atoms with Crippen molar-refractivity contribution in [3.63, 3.8) is 0 Å². The third kappa shape index (κ3) is 3.44. The molecule has 17 heavy (non-hydrogen) atoms. The van der Waals surface area contributed by atoms with Gasteiger partial charge in [-0.1, -0.05) is 24.6 Å². The van der Waals surface area contributed by atoms with Crippen LogP contribution in [0.2, 0.25) is 0 Å². The number of nitrogens with one attached hydrogen (secondary N) is 1. The number of carbonyl (C=O) groups is 1. The van der Waals surface area contributed by atoms with Crippen LogP contribution in [-0.4, -0.2) is 18.4 Å². The van der Waals surface area contributed by atoms with E-state index in [0.717, 1.165) is 12.8 Å². The fraction of sp³-hybridized carbons (Fsp3) is 0.462. The summed E-state index contributed by atoms with van der Waals surface area (Å²) < 4.78 is 18.5. The second-order valence-electron chi connectivity index (χ2n) is 4.24. The van der Waals surface area contributed by atoms with E-state index in [-0.39, 0.29) is 0 Å². The van der Waals surface area contributed by atoms with E-state index in [1.165, 1.54) is 0 Å². The van der Waals surface area contributed by atoms with Crippen LogP contribution < -0.4 is 5.32 Å². The first kappa shape index (κ1) is 11.9. The maximum Gasteiger partial charge on any atom is 0.411 e. The minimum atomic E-state index is -1.02. The average Bonchev–Trinajstić information content (AvgIpc) is 2.33. The van der Waals surface area contributed by atoms with Gasteiger partial charge in [-0.05, 0) is 31.4 Å². The van der Waals surface area contributed by atoms with Crippen molar-refractivity contribution in [2.24, 2.45) is 0 Å². The number of para-hydroxylation sites is 1. The highest BCUT2D eigenvalue weighted by atomic mass is 19.1. The largest absolute Gasteiger partial charge is 0.443 e. The molecule has 0 bridgehead atoms. The van der Waals surface area contributed by atoms with Crippen molar-refractivity contribution in [2.75, 3.05) is 5.32 Å². The first-order valence-corrected chi connectivity index (χ1v) is 5.92. The lowest BCUT2D eigenvalue weighted by Gasteiger charge is -2.25. The number of rotatable bonds is 2. The molecular formula is C13H16FNO2. The van der Waals surface area contributed by atoms with E-state index >= 15 is 0 Å². The summed E-state index contributed by atoms with van der Waals surface area (Å²) in [5.41, 5.74) is 0.656. The van der Waals surface area contributed by atoms with Gasteiger partial charge in [0, 0.05) is 5.69 Å². The molecule has 4 heteroatoms. The van der Waals surface area contributed by atoms with Gasteiger partial charge in [0.2, 0.25) is 0 Å². The van der Waals surface area contributed by atoms with E-state index in [9.17, 15) is 9.18 Å². The number of benzene rings is 1. The van der Waals surface area contributed by atoms with Crippen LogP contribution in [0.3, 0.4) is 0 Å². The first-order valence-electron chi connectivity index (χ1n) is 5.92. The Morgan fingerprint density at radius 2 is 1.94 bits per heavy atom. The van der Waals surface area contributed by atoms with E-state index in [4.69, 9.17) is 4.74 Å². The number of carbonyl (C=O) groups excluding carboxylic acids is 1. The highest BCUT2D eigenvalue weighted by molar-refractivity contribution is 5.84. The third-order valence-corrected chi connectivity index (χ3v) is 2.90. The maximum absolute atomic E-state index is 13.4. The molecule has 1 N–H and O–H groups in total. The lowest BCUT2D eigenvalue weighted by Crippen LogP contribution is -2.33. The van der Waals surface area contributed by atoms with Crippen LogP contribution in [0.1, 0.15) is 25.7 Å². The number of amides is 1. The van der Waals surface area contributed by atoms with Crippen LogP contribution in [-0.2, 0) is 4.74 Å². The molecule has 1 saturated carbocycles. The normalized spacial score (nSPS) is 24.1. The topological polar surface area (TPSA) is 38.3 Å². The van der Waals surface area contributed by atoms with Crippen molar-refractivity contribution < 1.29 is 13.9 Å². The number of halogens is 1. The number of hydrogen-bond acceptors (Lipinski definition) is 2. The van der Waals surface area contributed by atoms with Crippen molar-refractivity contribution in [2.45, 2.75) is 38.0 Å². The molecule has 2 atom stereocenters. The molecular weight excluding hydrogens is 221 g/mol. The fourth-order valence-electron chi connectivity index (χ4n) is 1.99. The predicted octanol–water partition coefficient (Wildman–Crippen LogP) is 3.52. The summed E-state index contributed by atoms with van der Waals surface area (Å²) in [7, 11) is 0. The summed E-state index contributed by atoms with van der Waals surface area (Å²) in [6.07, 6.45) is 0.709. The summed E-state index contributed by atoms with van der Waals surface area (Å²) in [6, 6.07) is 9.00. The second kappa shape index (κ2) is 5.66. The molecule has 1 aliphatic rings. The van der Waals surface area contributed by atoms with Gasteiger partial charge in [-0.25, -0.2) is 9.18 Å². The molecule has 1 amide bonds. The molecule has 0 spiro atoms. The Bertz CT molecular complexity index is 369. The Labute approximate surface area is 100.0 Å². The number of hydrogen-bond donors (Lipinski definition) is 1. The van der Waals surface area contributed by atoms with Crippen LogP contribution in [0.25, 0.3) is 0 Å². The summed E-state index contributed by atoms with van der Waals surface area (Å²) in [6.45, 7) is 0. The number of alkyl halides is 1. The van der Waals surface area contributed by atoms with E-state index in [1.807, 2.05) is 18.2 Å². The van der Waals surface area contributed by atoms with Crippen molar-refractivity contribution in [1.82, 2.24) is 0 Å². The van der Waals surface area contributed by atoms with Crippen molar-refractivity contribution >= 4 is 11.8 Å². The lowest BCUT2D eigenvalue weighted by molar-refractivity contribution is 0.0272. The lowest BCUT2D eigenvalue weighted by atomic mass is 9.96. The molecule has 0 aliphatic heterocycles. The Kier molecular flexibility index (Phi) is 3.96. The van der Waals surface area contributed by atoms with E-state index in [2.05, 4.69) is 5.32 Å². The highest BCUT2D eigenvalue weighted by Gasteiger charge is 2.27. The molecule has 1 aromatic carbocycles. The van der Waals surface area contributed by atoms with Crippen molar-refractivity contribution in [3.05, 3.63) is 30.3 Å². The monoisotopic (exact) mass is 237 g/mol. The SMILES string of the molecule is O=C(Nc1ccccc1)O[C@H]1CCCC[C@@H]1F. The molecule has 1 fully saturated rings. The van der Waals surface area contributed by atoms with Crippen LogP contribution in [0.4, 0.5) is 14.9 Å². The molecule has 92 valence electrons. The number of ether oxygens (including phenoxy) is 1. The molecule has 1 aliphatic carbocycles. The van der Waals surface area contributed by atoms with E-state index in [1.54, 1.807) is 12.1 Å². The molecule has 1 aromatic rings. The minimum absolute atomic E-state index is 0.489. The zero-order valence-corrected chi connectivity index (χ0v) is 9.56. The predicted molar refractivity (Wildman–Crippen MR) is 63.7 cm³/mol. The molecule has 0 radical (unpaired) electrons. The zero-order valence-electron chi connectivity index (χ0n) is 9.56. The highest BCUT2D eigenvalue weighted by Crippen LogP contribution is 2.24. The third-order valence-electron chi connectivity index (χ3n) is 2.90. The van der Waals surface area contributed by atoms with Gasteiger partial charge in [0.1, 0.15) is 12.3 Å². The zero-order chi connectivity index (χ0) is 12.1. The summed E-state index contributed by atoms with van der Waals surface area (Å²) in [5, 5.41) is 2.58. The Morgan fingerprint density at radius 1 is 1.24 bits per heavy atom. The molecule has 0 aromatic heterocycles. The quantitative estimate of drug-likeness (QED) is 0.854. The van der Waals surface area contributed by atoms with Gasteiger partial charge in [-0.2, -0.15) is 0 Å².